The summed E-state index contributed by atoms with van der Waals surface area (Å²) in [7, 11) is 1.06. The SMILES string of the molecule is COC(=O)[C@H]1O[C@@H](OC(=O)c2ccccc2Nc2cccc(C)c2C)[C@H](OC(C)=O)[C@@H](OC(C)=O)[C@@H]1OC(C)=O. The Kier molecular flexibility index (Phi) is 9.83. The number of hydrogen-bond donors (Lipinski definition) is 1. The van der Waals surface area contributed by atoms with Gasteiger partial charge < -0.3 is 33.7 Å². The number of benzene rings is 2. The molecule has 12 heteroatoms. The Labute approximate surface area is 230 Å². The van der Waals surface area contributed by atoms with Crippen LogP contribution in [0.3, 0.4) is 0 Å². The van der Waals surface area contributed by atoms with Gasteiger partial charge in [0.1, 0.15) is 0 Å². The Morgan fingerprint density at radius 3 is 1.93 bits per heavy atom. The number of nitrogens with one attached hydrogen (secondary N) is 1. The summed E-state index contributed by atoms with van der Waals surface area (Å²) in [4.78, 5) is 61.8. The number of hydrogen-bond acceptors (Lipinski definition) is 12. The lowest BCUT2D eigenvalue weighted by Crippen LogP contribution is -2.64. The summed E-state index contributed by atoms with van der Waals surface area (Å²) in [5.74, 6) is -4.46. The van der Waals surface area contributed by atoms with Crippen molar-refractivity contribution >= 4 is 41.2 Å². The maximum atomic E-state index is 13.4. The van der Waals surface area contributed by atoms with E-state index in [1.54, 1.807) is 18.2 Å². The van der Waals surface area contributed by atoms with Crippen LogP contribution in [0.25, 0.3) is 0 Å². The summed E-state index contributed by atoms with van der Waals surface area (Å²) in [5, 5.41) is 3.21. The normalized spacial score (nSPS) is 21.9. The van der Waals surface area contributed by atoms with E-state index < -0.39 is 60.6 Å². The first-order valence-corrected chi connectivity index (χ1v) is 12.3. The first-order valence-electron chi connectivity index (χ1n) is 12.3. The number of ether oxygens (including phenoxy) is 6. The molecule has 2 aromatic carbocycles. The average molecular weight is 558 g/mol. The van der Waals surface area contributed by atoms with Crippen molar-refractivity contribution in [1.82, 2.24) is 0 Å². The van der Waals surface area contributed by atoms with Crippen LogP contribution in [0.4, 0.5) is 11.4 Å². The number of anilines is 2. The van der Waals surface area contributed by atoms with Gasteiger partial charge in [-0.05, 0) is 43.2 Å². The van der Waals surface area contributed by atoms with Crippen molar-refractivity contribution in [2.75, 3.05) is 12.4 Å². The largest absolute Gasteiger partial charge is 0.467 e. The van der Waals surface area contributed by atoms with Gasteiger partial charge in [-0.15, -0.1) is 0 Å². The van der Waals surface area contributed by atoms with E-state index in [1.165, 1.54) is 6.07 Å². The summed E-state index contributed by atoms with van der Waals surface area (Å²) in [6.07, 6.45) is -8.21. The standard InChI is InChI=1S/C28H31NO11/c1-14-10-9-13-20(15(14)2)29-21-12-8-7-11-19(21)26(33)40-28-25(38-18(5)32)23(37-17(4)31)22(36-16(3)30)24(39-28)27(34)35-6/h7-13,22-25,28-29H,1-6H3/t22-,23-,24-,25+,28-/m0/s1. The van der Waals surface area contributed by atoms with Crippen molar-refractivity contribution in [3.05, 3.63) is 59.2 Å². The third-order valence-electron chi connectivity index (χ3n) is 6.08. The molecule has 0 spiro atoms. The van der Waals surface area contributed by atoms with Crippen molar-refractivity contribution in [2.24, 2.45) is 0 Å². The number of carbonyl (C=O) groups excluding carboxylic acids is 5. The minimum Gasteiger partial charge on any atom is -0.467 e. The predicted molar refractivity (Wildman–Crippen MR) is 138 cm³/mol. The monoisotopic (exact) mass is 557 g/mol. The first kappa shape index (κ1) is 30.1. The molecule has 0 aromatic heterocycles. The molecule has 1 aliphatic rings. The Morgan fingerprint density at radius 1 is 0.725 bits per heavy atom. The Bertz CT molecular complexity index is 1290. The zero-order chi connectivity index (χ0) is 29.6. The van der Waals surface area contributed by atoms with E-state index in [4.69, 9.17) is 28.4 Å². The fourth-order valence-electron chi connectivity index (χ4n) is 4.15. The van der Waals surface area contributed by atoms with E-state index in [-0.39, 0.29) is 5.56 Å². The number of rotatable bonds is 8. The zero-order valence-electron chi connectivity index (χ0n) is 22.9. The molecule has 5 atom stereocenters. The minimum atomic E-state index is -1.76. The molecule has 12 nitrogen and oxygen atoms in total. The summed E-state index contributed by atoms with van der Waals surface area (Å²) in [6, 6.07) is 12.2. The quantitative estimate of drug-likeness (QED) is 0.375. The van der Waals surface area contributed by atoms with Crippen LogP contribution < -0.4 is 5.32 Å². The average Bonchev–Trinajstić information content (AvgIpc) is 2.89. The van der Waals surface area contributed by atoms with Gasteiger partial charge in [-0.3, -0.25) is 14.4 Å². The van der Waals surface area contributed by atoms with Crippen molar-refractivity contribution in [3.63, 3.8) is 0 Å². The molecule has 0 saturated carbocycles. The van der Waals surface area contributed by atoms with Crippen LogP contribution in [0.1, 0.15) is 42.3 Å². The number of methoxy groups -OCH3 is 1. The molecule has 3 rings (SSSR count). The van der Waals surface area contributed by atoms with Crippen molar-refractivity contribution in [3.8, 4) is 0 Å². The van der Waals surface area contributed by atoms with Crippen molar-refractivity contribution < 1.29 is 52.4 Å². The highest BCUT2D eigenvalue weighted by molar-refractivity contribution is 5.96. The van der Waals surface area contributed by atoms with Gasteiger partial charge in [0.15, 0.2) is 18.3 Å². The van der Waals surface area contributed by atoms with Crippen LogP contribution >= 0.6 is 0 Å². The molecule has 1 fully saturated rings. The molecule has 0 bridgehead atoms. The zero-order valence-corrected chi connectivity index (χ0v) is 22.9. The van der Waals surface area contributed by atoms with Gasteiger partial charge in [-0.25, -0.2) is 9.59 Å². The van der Waals surface area contributed by atoms with E-state index in [0.29, 0.717) is 5.69 Å². The highest BCUT2D eigenvalue weighted by Gasteiger charge is 2.56. The highest BCUT2D eigenvalue weighted by Crippen LogP contribution is 2.32. The van der Waals surface area contributed by atoms with Gasteiger partial charge in [0.25, 0.3) is 0 Å². The molecule has 1 saturated heterocycles. The summed E-state index contributed by atoms with van der Waals surface area (Å²) < 4.78 is 31.9. The molecule has 214 valence electrons. The second-order valence-electron chi connectivity index (χ2n) is 8.99. The Hall–Kier alpha value is -4.45. The van der Waals surface area contributed by atoms with Gasteiger partial charge in [0.05, 0.1) is 18.4 Å². The second kappa shape index (κ2) is 13.1. The van der Waals surface area contributed by atoms with E-state index in [0.717, 1.165) is 44.7 Å². The maximum Gasteiger partial charge on any atom is 0.342 e. The lowest BCUT2D eigenvalue weighted by molar-refractivity contribution is -0.288. The molecule has 0 amide bonds. The number of carbonyl (C=O) groups is 5. The number of aryl methyl sites for hydroxylation is 1. The molecular weight excluding hydrogens is 526 g/mol. The molecule has 40 heavy (non-hydrogen) atoms. The van der Waals surface area contributed by atoms with Crippen LogP contribution in [0, 0.1) is 13.8 Å². The van der Waals surface area contributed by atoms with E-state index in [9.17, 15) is 24.0 Å². The smallest absolute Gasteiger partial charge is 0.342 e. The fraction of sp³-hybridized carbons (Fsp3) is 0.393. The number of para-hydroxylation sites is 1. The summed E-state index contributed by atoms with van der Waals surface area (Å²) in [6.45, 7) is 7.08. The van der Waals surface area contributed by atoms with Gasteiger partial charge in [0.2, 0.25) is 12.4 Å². The lowest BCUT2D eigenvalue weighted by atomic mass is 9.97. The molecule has 2 aromatic rings. The molecule has 1 N–H and O–H groups in total. The van der Waals surface area contributed by atoms with Gasteiger partial charge in [-0.1, -0.05) is 24.3 Å². The van der Waals surface area contributed by atoms with Crippen LogP contribution in [0.15, 0.2) is 42.5 Å². The van der Waals surface area contributed by atoms with E-state index >= 15 is 0 Å². The van der Waals surface area contributed by atoms with Crippen molar-refractivity contribution in [1.29, 1.82) is 0 Å². The van der Waals surface area contributed by atoms with Crippen LogP contribution in [-0.4, -0.2) is 67.7 Å². The Morgan fingerprint density at radius 2 is 1.30 bits per heavy atom. The highest BCUT2D eigenvalue weighted by atomic mass is 16.7. The van der Waals surface area contributed by atoms with Gasteiger partial charge in [0, 0.05) is 26.5 Å². The topological polar surface area (TPSA) is 153 Å². The lowest BCUT2D eigenvalue weighted by Gasteiger charge is -2.42. The molecule has 0 unspecified atom stereocenters. The van der Waals surface area contributed by atoms with Gasteiger partial charge in [-0.2, -0.15) is 0 Å². The molecule has 0 radical (unpaired) electrons. The third kappa shape index (κ3) is 7.14. The first-order chi connectivity index (χ1) is 18.9. The predicted octanol–water partition coefficient (Wildman–Crippen LogP) is 2.90. The molecular formula is C28H31NO11. The van der Waals surface area contributed by atoms with E-state index in [1.807, 2.05) is 32.0 Å². The molecule has 1 heterocycles. The van der Waals surface area contributed by atoms with Crippen molar-refractivity contribution in [2.45, 2.75) is 65.3 Å². The minimum absolute atomic E-state index is 0.0920. The molecule has 0 aliphatic carbocycles. The summed E-state index contributed by atoms with van der Waals surface area (Å²) in [5.41, 5.74) is 3.27. The van der Waals surface area contributed by atoms with Crippen LogP contribution in [0.5, 0.6) is 0 Å². The Balaban J connectivity index is 2.00. The second-order valence-corrected chi connectivity index (χ2v) is 8.99. The summed E-state index contributed by atoms with van der Waals surface area (Å²) >= 11 is 0. The fourth-order valence-corrected chi connectivity index (χ4v) is 4.15. The van der Waals surface area contributed by atoms with E-state index in [2.05, 4.69) is 5.32 Å². The maximum absolute atomic E-state index is 13.4. The van der Waals surface area contributed by atoms with Gasteiger partial charge >= 0.3 is 29.8 Å². The molecule has 1 aliphatic heterocycles. The number of esters is 5. The van der Waals surface area contributed by atoms with Crippen LogP contribution in [-0.2, 0) is 47.6 Å². The van der Waals surface area contributed by atoms with Crippen LogP contribution in [0.2, 0.25) is 0 Å². The third-order valence-corrected chi connectivity index (χ3v) is 6.08.